The van der Waals surface area contributed by atoms with Crippen LogP contribution in [0.1, 0.15) is 19.0 Å². The summed E-state index contributed by atoms with van der Waals surface area (Å²) in [6.07, 6.45) is -1.47. The predicted octanol–water partition coefficient (Wildman–Crippen LogP) is 1.31. The fraction of sp³-hybridized carbons (Fsp3) is 0.421. The Morgan fingerprint density at radius 2 is 2.09 bits per heavy atom. The molecule has 0 saturated heterocycles. The highest BCUT2D eigenvalue weighted by atomic mass is 32.2. The van der Waals surface area contributed by atoms with Crippen LogP contribution >= 0.6 is 0 Å². The molecule has 1 aliphatic rings. The van der Waals surface area contributed by atoms with Crippen LogP contribution in [-0.4, -0.2) is 61.6 Å². The number of rotatable bonds is 7. The zero-order valence-corrected chi connectivity index (χ0v) is 18.9. The molecule has 3 rings (SSSR count). The van der Waals surface area contributed by atoms with Gasteiger partial charge in [0.2, 0.25) is 5.91 Å². The highest BCUT2D eigenvalue weighted by Crippen LogP contribution is 2.41. The first-order valence-corrected chi connectivity index (χ1v) is 11.1. The van der Waals surface area contributed by atoms with Gasteiger partial charge in [0.05, 0.1) is 25.0 Å². The smallest absolute Gasteiger partial charge is 0.409 e. The van der Waals surface area contributed by atoms with Gasteiger partial charge < -0.3 is 19.9 Å². The van der Waals surface area contributed by atoms with Gasteiger partial charge in [-0.05, 0) is 25.1 Å². The van der Waals surface area contributed by atoms with Crippen LogP contribution in [-0.2, 0) is 21.9 Å². The molecular formula is C19H25N5O7S. The van der Waals surface area contributed by atoms with Gasteiger partial charge in [-0.3, -0.25) is 19.1 Å². The van der Waals surface area contributed by atoms with Crippen LogP contribution in [0.15, 0.2) is 23.1 Å². The van der Waals surface area contributed by atoms with Crippen LogP contribution < -0.4 is 24.4 Å². The second-order valence-electron chi connectivity index (χ2n) is 7.21. The predicted molar refractivity (Wildman–Crippen MR) is 115 cm³/mol. The number of anilines is 2. The quantitative estimate of drug-likeness (QED) is 0.551. The highest BCUT2D eigenvalue weighted by Gasteiger charge is 2.39. The summed E-state index contributed by atoms with van der Waals surface area (Å²) in [5.41, 5.74) is 0.744. The van der Waals surface area contributed by atoms with E-state index in [1.165, 1.54) is 36.9 Å². The molecule has 0 spiro atoms. The Kier molecular flexibility index (Phi) is 6.48. The minimum Gasteiger partial charge on any atom is -0.486 e. The van der Waals surface area contributed by atoms with E-state index in [1.807, 2.05) is 0 Å². The van der Waals surface area contributed by atoms with Gasteiger partial charge in [-0.15, -0.1) is 5.10 Å². The fourth-order valence-corrected chi connectivity index (χ4v) is 5.23. The number of aromatic nitrogens is 2. The van der Waals surface area contributed by atoms with Crippen LogP contribution in [0.25, 0.3) is 0 Å². The number of aryl methyl sites for hydroxylation is 1. The first kappa shape index (κ1) is 23.2. The first-order chi connectivity index (χ1) is 15.0. The number of hydrogen-bond acceptors (Lipinski definition) is 7. The van der Waals surface area contributed by atoms with Crippen molar-refractivity contribution in [2.24, 2.45) is 7.05 Å². The van der Waals surface area contributed by atoms with Crippen LogP contribution in [0.4, 0.5) is 16.2 Å². The van der Waals surface area contributed by atoms with Crippen LogP contribution in [0.3, 0.4) is 0 Å². The number of nitrogens with zero attached hydrogens (tertiary/aromatic N) is 3. The van der Waals surface area contributed by atoms with Gasteiger partial charge in [0, 0.05) is 32.6 Å². The first-order valence-electron chi connectivity index (χ1n) is 9.70. The van der Waals surface area contributed by atoms with Crippen molar-refractivity contribution in [2.75, 3.05) is 29.8 Å². The zero-order chi connectivity index (χ0) is 23.6. The molecule has 2 aromatic rings. The van der Waals surface area contributed by atoms with Crippen LogP contribution in [0, 0.1) is 6.92 Å². The Hall–Kier alpha value is -3.48. The monoisotopic (exact) mass is 467 g/mol. The zero-order valence-electron chi connectivity index (χ0n) is 18.1. The molecule has 0 unspecified atom stereocenters. The van der Waals surface area contributed by atoms with Crippen molar-refractivity contribution in [3.63, 3.8) is 0 Å². The fourth-order valence-electron chi connectivity index (χ4n) is 3.40. The molecule has 0 bridgehead atoms. The summed E-state index contributed by atoms with van der Waals surface area (Å²) >= 11 is 0. The molecule has 0 fully saturated rings. The van der Waals surface area contributed by atoms with Gasteiger partial charge in [0.15, 0.2) is 4.90 Å². The number of carbonyl (C=O) groups excluding carboxylic acids is 1. The SMILES string of the molecule is COc1nn(C)c(C)c1S(=O)(=O)N1C[C@@H](CCNC(C)=O)Oc2ccc(NC(=O)O)cc21. The number of nitrogens with one attached hydrogen (secondary N) is 2. The molecule has 32 heavy (non-hydrogen) atoms. The number of amides is 2. The molecule has 2 amide bonds. The van der Waals surface area contributed by atoms with Gasteiger partial charge in [-0.1, -0.05) is 0 Å². The molecule has 0 radical (unpaired) electrons. The van der Waals surface area contributed by atoms with E-state index in [-0.39, 0.29) is 40.4 Å². The minimum absolute atomic E-state index is 0.0485. The Balaban J connectivity index is 2.07. The maximum absolute atomic E-state index is 13.8. The average molecular weight is 468 g/mol. The van der Waals surface area contributed by atoms with E-state index >= 15 is 0 Å². The molecule has 3 N–H and O–H groups in total. The molecule has 0 aliphatic carbocycles. The Bertz CT molecular complexity index is 1150. The van der Waals surface area contributed by atoms with Gasteiger partial charge in [0.1, 0.15) is 11.9 Å². The molecule has 13 heteroatoms. The third-order valence-corrected chi connectivity index (χ3v) is 6.88. The maximum atomic E-state index is 13.8. The van der Waals surface area contributed by atoms with E-state index in [1.54, 1.807) is 14.0 Å². The van der Waals surface area contributed by atoms with Crippen LogP contribution in [0.5, 0.6) is 11.6 Å². The lowest BCUT2D eigenvalue weighted by molar-refractivity contribution is -0.119. The third kappa shape index (κ3) is 4.56. The number of carbonyl (C=O) groups is 2. The van der Waals surface area contributed by atoms with E-state index in [0.717, 1.165) is 4.31 Å². The Labute approximate surface area is 185 Å². The molecule has 1 aliphatic heterocycles. The number of carboxylic acid groups (broad SMARTS) is 1. The Morgan fingerprint density at radius 3 is 2.72 bits per heavy atom. The largest absolute Gasteiger partial charge is 0.486 e. The second-order valence-corrected chi connectivity index (χ2v) is 9.01. The molecule has 1 aromatic heterocycles. The maximum Gasteiger partial charge on any atom is 0.409 e. The summed E-state index contributed by atoms with van der Waals surface area (Å²) in [4.78, 5) is 22.2. The Morgan fingerprint density at radius 1 is 1.38 bits per heavy atom. The summed E-state index contributed by atoms with van der Waals surface area (Å²) in [6.45, 7) is 3.25. The van der Waals surface area contributed by atoms with Crippen molar-refractivity contribution in [3.05, 3.63) is 23.9 Å². The second kappa shape index (κ2) is 8.94. The van der Waals surface area contributed by atoms with Crippen molar-refractivity contribution < 1.29 is 32.6 Å². The van der Waals surface area contributed by atoms with Crippen molar-refractivity contribution in [1.82, 2.24) is 15.1 Å². The summed E-state index contributed by atoms with van der Waals surface area (Å²) in [5, 5.41) is 18.0. The highest BCUT2D eigenvalue weighted by molar-refractivity contribution is 7.93. The van der Waals surface area contributed by atoms with E-state index < -0.39 is 22.2 Å². The minimum atomic E-state index is -4.17. The molecule has 12 nitrogen and oxygen atoms in total. The van der Waals surface area contributed by atoms with Gasteiger partial charge in [0.25, 0.3) is 15.9 Å². The molecule has 2 heterocycles. The number of ether oxygens (including phenoxy) is 2. The number of methoxy groups -OCH3 is 1. The van der Waals surface area contributed by atoms with Gasteiger partial charge in [-0.2, -0.15) is 0 Å². The summed E-state index contributed by atoms with van der Waals surface area (Å²) in [5.74, 6) is 0.0162. The molecular weight excluding hydrogens is 442 g/mol. The normalized spacial score (nSPS) is 15.5. The van der Waals surface area contributed by atoms with Crippen molar-refractivity contribution in [1.29, 1.82) is 0 Å². The molecule has 1 aromatic carbocycles. The lowest BCUT2D eigenvalue weighted by Crippen LogP contribution is -2.45. The van der Waals surface area contributed by atoms with E-state index in [0.29, 0.717) is 18.7 Å². The molecule has 0 saturated carbocycles. The van der Waals surface area contributed by atoms with E-state index in [4.69, 9.17) is 14.6 Å². The summed E-state index contributed by atoms with van der Waals surface area (Å²) in [6, 6.07) is 4.37. The number of fused-ring (bicyclic) bond motifs is 1. The number of hydrogen-bond donors (Lipinski definition) is 3. The van der Waals surface area contributed by atoms with E-state index in [9.17, 15) is 18.0 Å². The van der Waals surface area contributed by atoms with Crippen molar-refractivity contribution in [2.45, 2.75) is 31.3 Å². The van der Waals surface area contributed by atoms with Gasteiger partial charge in [-0.25, -0.2) is 13.2 Å². The lowest BCUT2D eigenvalue weighted by Gasteiger charge is -2.35. The van der Waals surface area contributed by atoms with Crippen LogP contribution in [0.2, 0.25) is 0 Å². The van der Waals surface area contributed by atoms with Crippen molar-refractivity contribution >= 4 is 33.4 Å². The summed E-state index contributed by atoms with van der Waals surface area (Å²) in [7, 11) is -1.23. The van der Waals surface area contributed by atoms with E-state index in [2.05, 4.69) is 15.7 Å². The molecule has 1 atom stereocenters. The van der Waals surface area contributed by atoms with Crippen molar-refractivity contribution in [3.8, 4) is 11.6 Å². The van der Waals surface area contributed by atoms with Gasteiger partial charge >= 0.3 is 6.09 Å². The lowest BCUT2D eigenvalue weighted by atomic mass is 10.1. The molecule has 174 valence electrons. The third-order valence-electron chi connectivity index (χ3n) is 4.97. The number of sulfonamides is 1. The summed E-state index contributed by atoms with van der Waals surface area (Å²) < 4.78 is 41.2. The number of benzene rings is 1. The standard InChI is InChI=1S/C19H25N5O7S/c1-11-17(18(30-4)22-23(11)3)32(28,29)24-10-14(7-8-20-12(2)25)31-16-6-5-13(9-15(16)24)21-19(26)27/h5-6,9,14,21H,7-8,10H2,1-4H3,(H,20,25)(H,26,27)/t14-/m1/s1. The topological polar surface area (TPSA) is 152 Å². The average Bonchev–Trinajstić information content (AvgIpc) is 3.01.